The number of nitrogens with zero attached hydrogens (tertiary/aromatic N) is 1. The average Bonchev–Trinajstić information content (AvgIpc) is 3.72. The van der Waals surface area contributed by atoms with Gasteiger partial charge in [-0.25, -0.2) is 0 Å². The Balaban J connectivity index is 2.31. The summed E-state index contributed by atoms with van der Waals surface area (Å²) in [6.45, 7) is 9.00. The van der Waals surface area contributed by atoms with Crippen LogP contribution in [0.25, 0.3) is 0 Å². The topological polar surface area (TPSA) is 313 Å². The zero-order valence-corrected chi connectivity index (χ0v) is 36.0. The van der Waals surface area contributed by atoms with Crippen molar-refractivity contribution in [1.29, 1.82) is 0 Å². The zero-order valence-electron chi connectivity index (χ0n) is 36.0. The lowest BCUT2D eigenvalue weighted by molar-refractivity contribution is -0.146. The van der Waals surface area contributed by atoms with Crippen molar-refractivity contribution in [2.24, 2.45) is 11.8 Å². The molecule has 62 heavy (non-hydrogen) atoms. The minimum atomic E-state index is -1.53. The molecule has 1 saturated heterocycles. The summed E-state index contributed by atoms with van der Waals surface area (Å²) in [6, 6.07) is -7.65. The van der Waals surface area contributed by atoms with E-state index in [1.807, 2.05) is 0 Å². The summed E-state index contributed by atoms with van der Waals surface area (Å²) < 4.78 is 4.80. The van der Waals surface area contributed by atoms with E-state index in [1.165, 1.54) is 11.0 Å². The van der Waals surface area contributed by atoms with Crippen LogP contribution in [-0.4, -0.2) is 136 Å². The number of Topliss-reactive ketones (excluding diaryl/α,β-unsaturated/α-hetero) is 1. The lowest BCUT2D eigenvalue weighted by atomic mass is 9.83. The van der Waals surface area contributed by atoms with Crippen LogP contribution in [0, 0.1) is 11.8 Å². The first-order valence-electron chi connectivity index (χ1n) is 21.1. The molecule has 21 nitrogen and oxygen atoms in total. The molecule has 1 aliphatic heterocycles. The van der Waals surface area contributed by atoms with Crippen molar-refractivity contribution in [2.45, 2.75) is 147 Å². The Morgan fingerprint density at radius 3 is 1.89 bits per heavy atom. The fraction of sp³-hybridized carbons (Fsp3) is 0.683. The first-order chi connectivity index (χ1) is 29.3. The number of carbonyl (C=O) groups excluding carboxylic acids is 9. The highest BCUT2D eigenvalue weighted by Gasteiger charge is 2.43. The molecule has 0 aromatic carbocycles. The first kappa shape index (κ1) is 52.2. The molecule has 346 valence electrons. The molecular formula is C41H63N7O14. The fourth-order valence-corrected chi connectivity index (χ4v) is 7.38. The predicted molar refractivity (Wildman–Crippen MR) is 219 cm³/mol. The molecule has 1 heterocycles. The highest BCUT2D eigenvalue weighted by atomic mass is 16.5. The Bertz CT molecular complexity index is 1660. The summed E-state index contributed by atoms with van der Waals surface area (Å²) in [4.78, 5) is 143. The molecule has 0 spiro atoms. The molecule has 1 saturated carbocycles. The molecule has 2 fully saturated rings. The number of hydrogen-bond acceptors (Lipinski definition) is 12. The molecule has 2 rings (SSSR count). The Morgan fingerprint density at radius 1 is 0.742 bits per heavy atom. The molecule has 0 bridgehead atoms. The molecule has 2 aliphatic rings. The quantitative estimate of drug-likeness (QED) is 0.0312. The van der Waals surface area contributed by atoms with Gasteiger partial charge in [-0.05, 0) is 56.8 Å². The number of esters is 1. The molecule has 7 amide bonds. The van der Waals surface area contributed by atoms with Gasteiger partial charge in [0.1, 0.15) is 43.4 Å². The van der Waals surface area contributed by atoms with Crippen molar-refractivity contribution in [2.75, 3.05) is 19.7 Å². The first-order valence-corrected chi connectivity index (χ1v) is 21.1. The standard InChI is InChI=1S/C41H63N7O14/c1-6-12-26(35(55)40(60)42-22-32(54)62-21-7-2)44-38(58)29-15-11-20-48(29)41(61)34(25-13-9-8-10-14-25)47-39(59)33(23(3)4)46-37(57)28(17-19-31(52)53)45-36(56)27(43-24(5)49)16-18-30(50)51/h7,23,25-29,33-34H,2,6,8-22H2,1,3-5H3,(H,42,60)(H,43,49)(H,44,58)(H,45,56)(H,46,57)(H,47,59)(H,50,51)(H,52,53)/t26?,27-,28-,29-,33-,34-/m0/s1. The Morgan fingerprint density at radius 2 is 1.34 bits per heavy atom. The average molecular weight is 878 g/mol. The van der Waals surface area contributed by atoms with Crippen LogP contribution in [0.2, 0.25) is 0 Å². The van der Waals surface area contributed by atoms with Gasteiger partial charge in [0.25, 0.3) is 5.91 Å². The van der Waals surface area contributed by atoms with Crippen molar-refractivity contribution in [1.82, 2.24) is 36.8 Å². The van der Waals surface area contributed by atoms with Crippen molar-refractivity contribution in [3.05, 3.63) is 12.7 Å². The number of carboxylic acid groups (broad SMARTS) is 2. The van der Waals surface area contributed by atoms with E-state index in [4.69, 9.17) is 9.84 Å². The largest absolute Gasteiger partial charge is 0.481 e. The fourth-order valence-electron chi connectivity index (χ4n) is 7.38. The van der Waals surface area contributed by atoms with E-state index in [0.717, 1.165) is 26.2 Å². The van der Waals surface area contributed by atoms with Gasteiger partial charge in [0, 0.05) is 26.3 Å². The number of amides is 7. The number of aliphatic carboxylic acids is 2. The van der Waals surface area contributed by atoms with Crippen molar-refractivity contribution >= 4 is 65.0 Å². The van der Waals surface area contributed by atoms with Crippen molar-refractivity contribution in [3.63, 3.8) is 0 Å². The van der Waals surface area contributed by atoms with Crippen molar-refractivity contribution in [3.8, 4) is 0 Å². The second kappa shape index (κ2) is 26.4. The third kappa shape index (κ3) is 17.2. The van der Waals surface area contributed by atoms with Gasteiger partial charge >= 0.3 is 17.9 Å². The van der Waals surface area contributed by atoms with E-state index in [9.17, 15) is 57.8 Å². The van der Waals surface area contributed by atoms with E-state index < -0.39 is 133 Å². The van der Waals surface area contributed by atoms with Gasteiger partial charge in [-0.2, -0.15) is 0 Å². The normalized spacial score (nSPS) is 17.5. The third-order valence-electron chi connectivity index (χ3n) is 10.6. The molecular weight excluding hydrogens is 814 g/mol. The van der Waals surface area contributed by atoms with Crippen molar-refractivity contribution < 1.29 is 67.7 Å². The van der Waals surface area contributed by atoms with E-state index in [2.05, 4.69) is 38.5 Å². The van der Waals surface area contributed by atoms with Crippen LogP contribution in [0.4, 0.5) is 0 Å². The van der Waals surface area contributed by atoms with Crippen LogP contribution >= 0.6 is 0 Å². The lowest BCUT2D eigenvalue weighted by Gasteiger charge is -2.36. The predicted octanol–water partition coefficient (Wildman–Crippen LogP) is -0.398. The summed E-state index contributed by atoms with van der Waals surface area (Å²) in [6.07, 6.45) is 4.23. The number of ether oxygens (including phenoxy) is 1. The minimum Gasteiger partial charge on any atom is -0.481 e. The molecule has 8 N–H and O–H groups in total. The monoisotopic (exact) mass is 877 g/mol. The summed E-state index contributed by atoms with van der Waals surface area (Å²) in [5, 5.41) is 33.4. The molecule has 0 radical (unpaired) electrons. The van der Waals surface area contributed by atoms with E-state index in [1.54, 1.807) is 20.8 Å². The van der Waals surface area contributed by atoms with Gasteiger partial charge in [-0.3, -0.25) is 52.7 Å². The Kier molecular flexibility index (Phi) is 22.3. The smallest absolute Gasteiger partial charge is 0.325 e. The number of nitrogens with one attached hydrogen (secondary N) is 6. The van der Waals surface area contributed by atoms with Gasteiger partial charge in [-0.1, -0.05) is 59.1 Å². The maximum absolute atomic E-state index is 14.5. The minimum absolute atomic E-state index is 0.0874. The second-order valence-electron chi connectivity index (χ2n) is 15.9. The maximum atomic E-state index is 14.5. The molecule has 6 atom stereocenters. The summed E-state index contributed by atoms with van der Waals surface area (Å²) in [7, 11) is 0. The highest BCUT2D eigenvalue weighted by Crippen LogP contribution is 2.30. The zero-order chi connectivity index (χ0) is 46.5. The second-order valence-corrected chi connectivity index (χ2v) is 15.9. The van der Waals surface area contributed by atoms with Crippen LogP contribution in [0.3, 0.4) is 0 Å². The number of likely N-dealkylation sites (tertiary alicyclic amines) is 1. The van der Waals surface area contributed by atoms with Crippen LogP contribution in [-0.2, 0) is 57.5 Å². The van der Waals surface area contributed by atoms with E-state index in [0.29, 0.717) is 25.7 Å². The number of carbonyl (C=O) groups is 11. The van der Waals surface area contributed by atoms with Gasteiger partial charge in [-0.15, -0.1) is 0 Å². The number of hydrogen-bond donors (Lipinski definition) is 8. The van der Waals surface area contributed by atoms with E-state index >= 15 is 0 Å². The molecule has 1 unspecified atom stereocenters. The summed E-state index contributed by atoms with van der Waals surface area (Å²) in [5.41, 5.74) is 0. The van der Waals surface area contributed by atoms with Gasteiger partial charge in [0.2, 0.25) is 41.2 Å². The van der Waals surface area contributed by atoms with Gasteiger partial charge in [0.05, 0.1) is 6.04 Å². The van der Waals surface area contributed by atoms with Gasteiger partial charge in [0.15, 0.2) is 0 Å². The van der Waals surface area contributed by atoms with Crippen LogP contribution in [0.1, 0.15) is 111 Å². The summed E-state index contributed by atoms with van der Waals surface area (Å²) in [5.74, 6) is -10.9. The van der Waals surface area contributed by atoms with Gasteiger partial charge < -0.3 is 51.8 Å². The SMILES string of the molecule is C=CCOC(=O)CNC(=O)C(=O)C(CCC)NC(=O)[C@@H]1CCCN1C(=O)[C@@H](NC(=O)[C@@H](NC(=O)[C@H](CCC(=O)O)NC(=O)[C@H](CCC(=O)O)NC(C)=O)C(C)C)C1CCCCC1. The Hall–Kier alpha value is -5.89. The summed E-state index contributed by atoms with van der Waals surface area (Å²) >= 11 is 0. The lowest BCUT2D eigenvalue weighted by Crippen LogP contribution is -2.61. The number of rotatable bonds is 26. The number of carboxylic acids is 2. The maximum Gasteiger partial charge on any atom is 0.325 e. The van der Waals surface area contributed by atoms with E-state index in [-0.39, 0.29) is 38.3 Å². The highest BCUT2D eigenvalue weighted by molar-refractivity contribution is 6.38. The van der Waals surface area contributed by atoms with Crippen LogP contribution in [0.5, 0.6) is 0 Å². The molecule has 0 aromatic rings. The third-order valence-corrected chi connectivity index (χ3v) is 10.6. The van der Waals surface area contributed by atoms with Crippen LogP contribution < -0.4 is 31.9 Å². The molecule has 21 heteroatoms. The number of ketones is 1. The Labute approximate surface area is 360 Å². The molecule has 0 aromatic heterocycles. The molecule has 1 aliphatic carbocycles. The van der Waals surface area contributed by atoms with Crippen LogP contribution in [0.15, 0.2) is 12.7 Å².